The lowest BCUT2D eigenvalue weighted by Crippen LogP contribution is -2.37. The molecule has 0 saturated carbocycles. The lowest BCUT2D eigenvalue weighted by Gasteiger charge is -2.25. The summed E-state index contributed by atoms with van der Waals surface area (Å²) in [5, 5.41) is 0. The molecule has 4 rings (SSSR count). The molecule has 0 spiro atoms. The summed E-state index contributed by atoms with van der Waals surface area (Å²) in [6, 6.07) is 5.06. The minimum atomic E-state index is -0.385. The minimum Gasteiger partial charge on any atom is -0.336 e. The zero-order chi connectivity index (χ0) is 14.9. The number of pyridine rings is 1. The van der Waals surface area contributed by atoms with Crippen LogP contribution in [0.3, 0.4) is 0 Å². The number of nitrogens with zero attached hydrogens (tertiary/aromatic N) is 5. The first kappa shape index (κ1) is 13.6. The second-order valence-electron chi connectivity index (χ2n) is 5.94. The average molecular weight is 299 g/mol. The van der Waals surface area contributed by atoms with Gasteiger partial charge in [0.15, 0.2) is 5.82 Å². The van der Waals surface area contributed by atoms with Crippen LogP contribution in [0.15, 0.2) is 36.9 Å². The average Bonchev–Trinajstić information content (AvgIpc) is 3.13. The molecule has 0 N–H and O–H groups in total. The summed E-state index contributed by atoms with van der Waals surface area (Å²) in [7, 11) is 0. The van der Waals surface area contributed by atoms with E-state index in [0.29, 0.717) is 18.0 Å². The van der Waals surface area contributed by atoms with Crippen LogP contribution in [0.5, 0.6) is 0 Å². The fourth-order valence-corrected chi connectivity index (χ4v) is 3.70. The molecule has 2 fully saturated rings. The highest BCUT2D eigenvalue weighted by Crippen LogP contribution is 2.34. The number of hydrogen-bond donors (Lipinski definition) is 0. The van der Waals surface area contributed by atoms with E-state index in [9.17, 15) is 4.39 Å². The van der Waals surface area contributed by atoms with E-state index in [1.165, 1.54) is 18.0 Å². The van der Waals surface area contributed by atoms with Gasteiger partial charge in [-0.1, -0.05) is 6.07 Å². The molecule has 2 aromatic heterocycles. The van der Waals surface area contributed by atoms with Crippen molar-refractivity contribution >= 4 is 5.95 Å². The van der Waals surface area contributed by atoms with Crippen LogP contribution in [0.1, 0.15) is 18.4 Å². The molecule has 2 atom stereocenters. The van der Waals surface area contributed by atoms with E-state index in [0.717, 1.165) is 32.5 Å². The first-order valence-corrected chi connectivity index (χ1v) is 7.68. The second-order valence-corrected chi connectivity index (χ2v) is 5.94. The third kappa shape index (κ3) is 2.43. The van der Waals surface area contributed by atoms with Gasteiger partial charge in [0.2, 0.25) is 5.95 Å². The molecule has 2 aliphatic rings. The molecule has 22 heavy (non-hydrogen) atoms. The van der Waals surface area contributed by atoms with Crippen LogP contribution in [0.4, 0.5) is 10.3 Å². The monoisotopic (exact) mass is 299 g/mol. The molecule has 0 amide bonds. The quantitative estimate of drug-likeness (QED) is 0.865. The van der Waals surface area contributed by atoms with Crippen molar-refractivity contribution in [1.82, 2.24) is 19.9 Å². The van der Waals surface area contributed by atoms with Crippen molar-refractivity contribution in [2.24, 2.45) is 0 Å². The summed E-state index contributed by atoms with van der Waals surface area (Å²) in [5.74, 6) is 0.265. The largest absolute Gasteiger partial charge is 0.336 e. The molecule has 114 valence electrons. The summed E-state index contributed by atoms with van der Waals surface area (Å²) in [5.41, 5.74) is 1.25. The third-order valence-electron chi connectivity index (χ3n) is 4.66. The van der Waals surface area contributed by atoms with Gasteiger partial charge in [-0.3, -0.25) is 9.88 Å². The standard InChI is InChI=1S/C16H18FN5/c17-13-9-19-16(20-10-13)22-7-4-14-15(22)3-6-21(14)11-12-2-1-5-18-8-12/h1-2,5,8-10,14-15H,3-4,6-7,11H2/t14-,15+/m0/s1. The molecule has 0 unspecified atom stereocenters. The van der Waals surface area contributed by atoms with E-state index in [4.69, 9.17) is 0 Å². The Labute approximate surface area is 128 Å². The van der Waals surface area contributed by atoms with E-state index >= 15 is 0 Å². The highest BCUT2D eigenvalue weighted by molar-refractivity contribution is 5.35. The van der Waals surface area contributed by atoms with E-state index in [-0.39, 0.29) is 5.82 Å². The number of halogens is 1. The molecule has 6 heteroatoms. The molecule has 0 aromatic carbocycles. The molecular weight excluding hydrogens is 281 g/mol. The van der Waals surface area contributed by atoms with E-state index in [2.05, 4.69) is 30.8 Å². The Morgan fingerprint density at radius 3 is 2.68 bits per heavy atom. The maximum absolute atomic E-state index is 13.0. The Morgan fingerprint density at radius 2 is 1.91 bits per heavy atom. The van der Waals surface area contributed by atoms with Gasteiger partial charge in [0.25, 0.3) is 0 Å². The SMILES string of the molecule is Fc1cnc(N2CC[C@H]3[C@H]2CCN3Cc2cccnc2)nc1. The van der Waals surface area contributed by atoms with Crippen molar-refractivity contribution in [1.29, 1.82) is 0 Å². The summed E-state index contributed by atoms with van der Waals surface area (Å²) in [6.45, 7) is 2.94. The number of hydrogen-bond acceptors (Lipinski definition) is 5. The van der Waals surface area contributed by atoms with Gasteiger partial charge < -0.3 is 4.90 Å². The fraction of sp³-hybridized carbons (Fsp3) is 0.438. The summed E-state index contributed by atoms with van der Waals surface area (Å²) in [4.78, 5) is 17.2. The molecule has 5 nitrogen and oxygen atoms in total. The van der Waals surface area contributed by atoms with Gasteiger partial charge in [-0.25, -0.2) is 14.4 Å². The Bertz CT molecular complexity index is 633. The Hall–Kier alpha value is -2.08. The minimum absolute atomic E-state index is 0.385. The van der Waals surface area contributed by atoms with Crippen LogP contribution >= 0.6 is 0 Å². The Balaban J connectivity index is 1.48. The summed E-state index contributed by atoms with van der Waals surface area (Å²) < 4.78 is 13.0. The van der Waals surface area contributed by atoms with Crippen molar-refractivity contribution in [3.8, 4) is 0 Å². The summed E-state index contributed by atoms with van der Waals surface area (Å²) in [6.07, 6.45) is 8.44. The number of likely N-dealkylation sites (tertiary alicyclic amines) is 1. The van der Waals surface area contributed by atoms with Crippen molar-refractivity contribution in [2.75, 3.05) is 18.0 Å². The van der Waals surface area contributed by atoms with E-state index in [1.54, 1.807) is 6.20 Å². The van der Waals surface area contributed by atoms with Gasteiger partial charge in [0.05, 0.1) is 12.4 Å². The van der Waals surface area contributed by atoms with Crippen molar-refractivity contribution in [2.45, 2.75) is 31.5 Å². The zero-order valence-electron chi connectivity index (χ0n) is 12.3. The van der Waals surface area contributed by atoms with Crippen LogP contribution in [0, 0.1) is 5.82 Å². The highest BCUT2D eigenvalue weighted by atomic mass is 19.1. The first-order chi connectivity index (χ1) is 10.8. The fourth-order valence-electron chi connectivity index (χ4n) is 3.70. The van der Waals surface area contributed by atoms with Gasteiger partial charge in [0.1, 0.15) is 0 Å². The van der Waals surface area contributed by atoms with Crippen LogP contribution in [-0.4, -0.2) is 45.0 Å². The molecule has 0 bridgehead atoms. The van der Waals surface area contributed by atoms with Crippen LogP contribution in [-0.2, 0) is 6.54 Å². The molecule has 0 aliphatic carbocycles. The summed E-state index contributed by atoms with van der Waals surface area (Å²) >= 11 is 0. The van der Waals surface area contributed by atoms with Crippen LogP contribution < -0.4 is 4.90 Å². The maximum Gasteiger partial charge on any atom is 0.225 e. The van der Waals surface area contributed by atoms with Gasteiger partial charge in [0, 0.05) is 44.1 Å². The van der Waals surface area contributed by atoms with Crippen LogP contribution in [0.2, 0.25) is 0 Å². The predicted octanol–water partition coefficient (Wildman–Crippen LogP) is 1.86. The molecule has 0 radical (unpaired) electrons. The second kappa shape index (κ2) is 5.61. The Kier molecular flexibility index (Phi) is 3.46. The van der Waals surface area contributed by atoms with Gasteiger partial charge in [-0.05, 0) is 24.5 Å². The smallest absolute Gasteiger partial charge is 0.225 e. The molecular formula is C16H18FN5. The molecule has 2 aromatic rings. The van der Waals surface area contributed by atoms with E-state index < -0.39 is 0 Å². The first-order valence-electron chi connectivity index (χ1n) is 7.68. The number of rotatable bonds is 3. The number of anilines is 1. The predicted molar refractivity (Wildman–Crippen MR) is 80.8 cm³/mol. The van der Waals surface area contributed by atoms with Crippen molar-refractivity contribution < 1.29 is 4.39 Å². The lowest BCUT2D eigenvalue weighted by atomic mass is 10.1. The Morgan fingerprint density at radius 1 is 1.09 bits per heavy atom. The van der Waals surface area contributed by atoms with Crippen molar-refractivity contribution in [3.05, 3.63) is 48.3 Å². The normalized spacial score (nSPS) is 24.7. The van der Waals surface area contributed by atoms with Crippen molar-refractivity contribution in [3.63, 3.8) is 0 Å². The molecule has 4 heterocycles. The molecule has 2 saturated heterocycles. The number of aromatic nitrogens is 3. The van der Waals surface area contributed by atoms with E-state index in [1.807, 2.05) is 12.3 Å². The van der Waals surface area contributed by atoms with Gasteiger partial charge in [-0.2, -0.15) is 0 Å². The van der Waals surface area contributed by atoms with Crippen LogP contribution in [0.25, 0.3) is 0 Å². The zero-order valence-corrected chi connectivity index (χ0v) is 12.3. The third-order valence-corrected chi connectivity index (χ3v) is 4.66. The molecule has 2 aliphatic heterocycles. The van der Waals surface area contributed by atoms with Gasteiger partial charge in [-0.15, -0.1) is 0 Å². The van der Waals surface area contributed by atoms with Gasteiger partial charge >= 0.3 is 0 Å². The highest BCUT2D eigenvalue weighted by Gasteiger charge is 2.43. The number of fused-ring (bicyclic) bond motifs is 1. The maximum atomic E-state index is 13.0. The lowest BCUT2D eigenvalue weighted by molar-refractivity contribution is 0.245. The topological polar surface area (TPSA) is 45.2 Å².